The summed E-state index contributed by atoms with van der Waals surface area (Å²) in [7, 11) is 4.02. The molecule has 2 fully saturated rings. The van der Waals surface area contributed by atoms with Crippen molar-refractivity contribution in [3.05, 3.63) is 0 Å². The molecule has 0 aromatic rings. The standard InChI is InChI=1S/C13H25N3O2.C6H13N.C4H10.CH2O2/c1-11(2)12(9-16-6-4-5-7-16)15(3)13(18)8-14-10-17;1-7-5-3-2-4-6-7;1-4(2)3;2-1-3/h10-12H,4-9H2,1-3H3,(H,14,17);2-6H2,1H3;4H,1-3H3;1H,(H,2,3)/t12-;;;/m1.../s1. The maximum atomic E-state index is 11.9. The van der Waals surface area contributed by atoms with Gasteiger partial charge in [-0.3, -0.25) is 14.4 Å². The first-order valence-corrected chi connectivity index (χ1v) is 12.0. The van der Waals surface area contributed by atoms with Crippen LogP contribution in [0.3, 0.4) is 0 Å². The van der Waals surface area contributed by atoms with Crippen molar-refractivity contribution in [2.24, 2.45) is 11.8 Å². The second-order valence-corrected chi connectivity index (χ2v) is 9.52. The number of piperidine rings is 1. The van der Waals surface area contributed by atoms with E-state index in [4.69, 9.17) is 9.90 Å². The first kappa shape index (κ1) is 32.5. The third-order valence-corrected chi connectivity index (χ3v) is 5.22. The number of rotatable bonds is 7. The van der Waals surface area contributed by atoms with E-state index in [-0.39, 0.29) is 25.0 Å². The lowest BCUT2D eigenvalue weighted by atomic mass is 10.0. The van der Waals surface area contributed by atoms with Gasteiger partial charge in [-0.25, -0.2) is 0 Å². The Kier molecular flexibility index (Phi) is 21.5. The maximum Gasteiger partial charge on any atom is 0.290 e. The molecule has 2 heterocycles. The van der Waals surface area contributed by atoms with Gasteiger partial charge in [0.15, 0.2) is 0 Å². The zero-order valence-electron chi connectivity index (χ0n) is 21.7. The Morgan fingerprint density at radius 2 is 1.41 bits per heavy atom. The van der Waals surface area contributed by atoms with Crippen LogP contribution < -0.4 is 5.32 Å². The normalized spacial score (nSPS) is 17.0. The summed E-state index contributed by atoms with van der Waals surface area (Å²) in [5.74, 6) is 1.22. The summed E-state index contributed by atoms with van der Waals surface area (Å²) < 4.78 is 0. The minimum Gasteiger partial charge on any atom is -0.483 e. The number of carbonyl (C=O) groups excluding carboxylic acids is 2. The molecule has 2 aliphatic heterocycles. The lowest BCUT2D eigenvalue weighted by Gasteiger charge is -2.34. The number of nitrogens with zero attached hydrogens (tertiary/aromatic N) is 3. The van der Waals surface area contributed by atoms with Crippen LogP contribution in [0.1, 0.15) is 66.7 Å². The molecule has 8 nitrogen and oxygen atoms in total. The van der Waals surface area contributed by atoms with Crippen LogP contribution in [0.15, 0.2) is 0 Å². The number of hydrogen-bond acceptors (Lipinski definition) is 5. The van der Waals surface area contributed by atoms with E-state index >= 15 is 0 Å². The molecule has 1 atom stereocenters. The molecular formula is C24H50N4O4. The number of carboxylic acid groups (broad SMARTS) is 1. The zero-order chi connectivity index (χ0) is 24.9. The van der Waals surface area contributed by atoms with Gasteiger partial charge < -0.3 is 25.1 Å². The van der Waals surface area contributed by atoms with Gasteiger partial charge in [0.05, 0.1) is 6.54 Å². The Morgan fingerprint density at radius 3 is 1.75 bits per heavy atom. The highest BCUT2D eigenvalue weighted by Gasteiger charge is 2.26. The van der Waals surface area contributed by atoms with Crippen LogP contribution in [-0.2, 0) is 14.4 Å². The Morgan fingerprint density at radius 1 is 0.969 bits per heavy atom. The highest BCUT2D eigenvalue weighted by molar-refractivity contribution is 5.80. The van der Waals surface area contributed by atoms with E-state index in [0.717, 1.165) is 25.6 Å². The van der Waals surface area contributed by atoms with Crippen molar-refractivity contribution in [3.63, 3.8) is 0 Å². The lowest BCUT2D eigenvalue weighted by molar-refractivity contribution is -0.133. The molecule has 0 aromatic carbocycles. The molecule has 2 rings (SSSR count). The van der Waals surface area contributed by atoms with E-state index in [1.165, 1.54) is 45.2 Å². The van der Waals surface area contributed by atoms with E-state index in [1.54, 1.807) is 4.90 Å². The maximum absolute atomic E-state index is 11.9. The second kappa shape index (κ2) is 21.2. The molecule has 190 valence electrons. The third-order valence-electron chi connectivity index (χ3n) is 5.22. The summed E-state index contributed by atoms with van der Waals surface area (Å²) in [4.78, 5) is 37.1. The van der Waals surface area contributed by atoms with Gasteiger partial charge in [0.2, 0.25) is 12.3 Å². The van der Waals surface area contributed by atoms with Gasteiger partial charge in [0, 0.05) is 19.6 Å². The molecule has 0 aliphatic carbocycles. The van der Waals surface area contributed by atoms with E-state index in [0.29, 0.717) is 12.3 Å². The van der Waals surface area contributed by atoms with Crippen molar-refractivity contribution in [1.82, 2.24) is 20.0 Å². The molecule has 32 heavy (non-hydrogen) atoms. The summed E-state index contributed by atoms with van der Waals surface area (Å²) in [6.45, 7) is 16.5. The minimum absolute atomic E-state index is 0.0278. The van der Waals surface area contributed by atoms with Crippen LogP contribution in [0.25, 0.3) is 0 Å². The molecule has 0 bridgehead atoms. The molecule has 2 N–H and O–H groups in total. The van der Waals surface area contributed by atoms with Crippen molar-refractivity contribution >= 4 is 18.8 Å². The van der Waals surface area contributed by atoms with Gasteiger partial charge >= 0.3 is 0 Å². The van der Waals surface area contributed by atoms with Crippen molar-refractivity contribution in [2.45, 2.75) is 72.8 Å². The van der Waals surface area contributed by atoms with Crippen molar-refractivity contribution in [3.8, 4) is 0 Å². The SMILES string of the molecule is CC(C)C.CC(C)[C@@H](CN1CCCC1)N(C)C(=O)CNC=O.CN1CCCCC1.O=CO. The van der Waals surface area contributed by atoms with Crippen LogP contribution >= 0.6 is 0 Å². The van der Waals surface area contributed by atoms with Crippen LogP contribution in [0, 0.1) is 11.8 Å². The fourth-order valence-corrected chi connectivity index (χ4v) is 3.50. The molecule has 8 heteroatoms. The van der Waals surface area contributed by atoms with Gasteiger partial charge in [-0.2, -0.15) is 0 Å². The van der Waals surface area contributed by atoms with Crippen LogP contribution in [0.2, 0.25) is 0 Å². The number of carbonyl (C=O) groups is 3. The molecule has 0 aromatic heterocycles. The Hall–Kier alpha value is -1.67. The van der Waals surface area contributed by atoms with Crippen LogP contribution in [-0.4, -0.2) is 98.0 Å². The fraction of sp³-hybridized carbons (Fsp3) is 0.875. The average Bonchev–Trinajstić information content (AvgIpc) is 3.24. The summed E-state index contributed by atoms with van der Waals surface area (Å²) in [6, 6.07) is 0.212. The van der Waals surface area contributed by atoms with Gasteiger partial charge in [-0.15, -0.1) is 0 Å². The predicted octanol–water partition coefficient (Wildman–Crippen LogP) is 2.78. The molecule has 2 amide bonds. The summed E-state index contributed by atoms with van der Waals surface area (Å²) in [5.41, 5.74) is 0. The Labute approximate surface area is 196 Å². The summed E-state index contributed by atoms with van der Waals surface area (Å²) >= 11 is 0. The highest BCUT2D eigenvalue weighted by atomic mass is 16.3. The Bertz CT molecular complexity index is 460. The molecule has 0 radical (unpaired) electrons. The van der Waals surface area contributed by atoms with Crippen molar-refractivity contribution in [2.75, 3.05) is 53.4 Å². The van der Waals surface area contributed by atoms with Crippen molar-refractivity contribution < 1.29 is 19.5 Å². The quantitative estimate of drug-likeness (QED) is 0.570. The first-order valence-electron chi connectivity index (χ1n) is 12.0. The van der Waals surface area contributed by atoms with E-state index in [2.05, 4.69) is 56.8 Å². The zero-order valence-corrected chi connectivity index (χ0v) is 21.7. The molecular weight excluding hydrogens is 408 g/mol. The van der Waals surface area contributed by atoms with Crippen LogP contribution in [0.4, 0.5) is 0 Å². The molecule has 0 unspecified atom stereocenters. The topological polar surface area (TPSA) is 93.2 Å². The van der Waals surface area contributed by atoms with Gasteiger partial charge in [-0.1, -0.05) is 41.0 Å². The molecule has 2 saturated heterocycles. The van der Waals surface area contributed by atoms with E-state index < -0.39 is 0 Å². The van der Waals surface area contributed by atoms with Gasteiger partial charge in [0.1, 0.15) is 0 Å². The third kappa shape index (κ3) is 19.0. The minimum atomic E-state index is -0.250. The monoisotopic (exact) mass is 458 g/mol. The fourth-order valence-electron chi connectivity index (χ4n) is 3.50. The lowest BCUT2D eigenvalue weighted by Crippen LogP contribution is -2.49. The second-order valence-electron chi connectivity index (χ2n) is 9.52. The number of nitrogens with one attached hydrogen (secondary N) is 1. The Balaban J connectivity index is 0. The van der Waals surface area contributed by atoms with Crippen molar-refractivity contribution in [1.29, 1.82) is 0 Å². The number of likely N-dealkylation sites (tertiary alicyclic amines) is 2. The van der Waals surface area contributed by atoms with E-state index in [9.17, 15) is 9.59 Å². The number of likely N-dealkylation sites (N-methyl/N-ethyl adjacent to an activating group) is 1. The average molecular weight is 459 g/mol. The van der Waals surface area contributed by atoms with Gasteiger partial charge in [0.25, 0.3) is 6.47 Å². The smallest absolute Gasteiger partial charge is 0.290 e. The summed E-state index contributed by atoms with van der Waals surface area (Å²) in [5, 5.41) is 9.32. The predicted molar refractivity (Wildman–Crippen MR) is 132 cm³/mol. The molecule has 0 spiro atoms. The molecule has 2 aliphatic rings. The van der Waals surface area contributed by atoms with E-state index in [1.807, 2.05) is 7.05 Å². The van der Waals surface area contributed by atoms with Crippen LogP contribution in [0.5, 0.6) is 0 Å². The summed E-state index contributed by atoms with van der Waals surface area (Å²) in [6.07, 6.45) is 7.36. The highest BCUT2D eigenvalue weighted by Crippen LogP contribution is 2.15. The number of amides is 2. The molecule has 0 saturated carbocycles. The first-order chi connectivity index (χ1) is 15.1. The van der Waals surface area contributed by atoms with Gasteiger partial charge in [-0.05, 0) is 70.7 Å². The number of hydrogen-bond donors (Lipinski definition) is 2. The largest absolute Gasteiger partial charge is 0.483 e.